The third-order valence-corrected chi connectivity index (χ3v) is 4.59. The lowest BCUT2D eigenvalue weighted by Crippen LogP contribution is -2.74. The highest BCUT2D eigenvalue weighted by Crippen LogP contribution is 2.44. The van der Waals surface area contributed by atoms with Crippen molar-refractivity contribution in [2.75, 3.05) is 6.61 Å². The maximum atomic E-state index is 12.8. The third kappa shape index (κ3) is 3.37. The van der Waals surface area contributed by atoms with Gasteiger partial charge in [0.05, 0.1) is 6.61 Å². The van der Waals surface area contributed by atoms with E-state index < -0.39 is 46.8 Å². The summed E-state index contributed by atoms with van der Waals surface area (Å²) in [5.74, 6) is -4.47. The number of esters is 2. The van der Waals surface area contributed by atoms with Crippen LogP contribution in [0.3, 0.4) is 0 Å². The molecule has 0 aromatic rings. The van der Waals surface area contributed by atoms with Crippen LogP contribution in [0.25, 0.3) is 0 Å². The van der Waals surface area contributed by atoms with Crippen LogP contribution in [-0.4, -0.2) is 58.0 Å². The molecule has 0 saturated carbocycles. The van der Waals surface area contributed by atoms with Crippen molar-refractivity contribution in [3.05, 3.63) is 0 Å². The molecule has 1 saturated heterocycles. The number of fused-ring (bicyclic) bond motifs is 1. The second kappa shape index (κ2) is 7.17. The molecule has 8 nitrogen and oxygen atoms in total. The Hall–Kier alpha value is -2.25. The average Bonchev–Trinajstić information content (AvgIpc) is 2.53. The van der Waals surface area contributed by atoms with Crippen LogP contribution >= 0.6 is 0 Å². The minimum atomic E-state index is -2.04. The number of rotatable bonds is 6. The van der Waals surface area contributed by atoms with Crippen LogP contribution in [0.2, 0.25) is 0 Å². The molecule has 8 heteroatoms. The summed E-state index contributed by atoms with van der Waals surface area (Å²) >= 11 is 0. The molecule has 2 aliphatic rings. The normalized spacial score (nSPS) is 27.7. The molecule has 2 rings (SSSR count). The lowest BCUT2D eigenvalue weighted by Gasteiger charge is -2.41. The van der Waals surface area contributed by atoms with E-state index in [0.29, 0.717) is 6.42 Å². The number of nitrogens with zero attached hydrogens (tertiary/aromatic N) is 1. The van der Waals surface area contributed by atoms with Crippen molar-refractivity contribution < 1.29 is 38.3 Å². The van der Waals surface area contributed by atoms with Crippen molar-refractivity contribution in [3.8, 4) is 0 Å². The summed E-state index contributed by atoms with van der Waals surface area (Å²) < 4.78 is 11.7. The fourth-order valence-corrected chi connectivity index (χ4v) is 3.26. The van der Waals surface area contributed by atoms with Gasteiger partial charge >= 0.3 is 29.2 Å². The van der Waals surface area contributed by atoms with Gasteiger partial charge in [0, 0.05) is 6.42 Å². The fourth-order valence-electron chi connectivity index (χ4n) is 3.26. The second-order valence-electron chi connectivity index (χ2n) is 7.70. The van der Waals surface area contributed by atoms with Gasteiger partial charge in [-0.2, -0.15) is 4.58 Å². The molecule has 1 fully saturated rings. The van der Waals surface area contributed by atoms with Gasteiger partial charge in [-0.1, -0.05) is 13.3 Å². The summed E-state index contributed by atoms with van der Waals surface area (Å²) in [5, 5.41) is 9.14. The van der Waals surface area contributed by atoms with E-state index in [1.165, 1.54) is 10.8 Å². The van der Waals surface area contributed by atoms with Crippen molar-refractivity contribution in [2.45, 2.75) is 65.0 Å². The molecule has 1 amide bonds. The van der Waals surface area contributed by atoms with Crippen LogP contribution < -0.4 is 0 Å². The van der Waals surface area contributed by atoms with E-state index in [4.69, 9.17) is 14.6 Å². The Labute approximate surface area is 152 Å². The maximum Gasteiger partial charge on any atom is 0.423 e. The van der Waals surface area contributed by atoms with E-state index in [-0.39, 0.29) is 19.4 Å². The summed E-state index contributed by atoms with van der Waals surface area (Å²) in [7, 11) is 0. The Bertz CT molecular complexity index is 661. The maximum absolute atomic E-state index is 12.8. The van der Waals surface area contributed by atoms with Crippen molar-refractivity contribution in [1.29, 1.82) is 0 Å². The van der Waals surface area contributed by atoms with Gasteiger partial charge in [-0.3, -0.25) is 4.79 Å². The van der Waals surface area contributed by atoms with Gasteiger partial charge < -0.3 is 14.6 Å². The highest BCUT2D eigenvalue weighted by atomic mass is 16.6. The van der Waals surface area contributed by atoms with Crippen molar-refractivity contribution in [3.63, 3.8) is 0 Å². The number of hydrogen-bond acceptors (Lipinski definition) is 6. The molecule has 3 atom stereocenters. The van der Waals surface area contributed by atoms with Gasteiger partial charge in [-0.15, -0.1) is 0 Å². The van der Waals surface area contributed by atoms with Gasteiger partial charge in [-0.25, -0.2) is 14.4 Å². The molecule has 0 aromatic heterocycles. The van der Waals surface area contributed by atoms with Gasteiger partial charge in [0.2, 0.25) is 6.04 Å². The molecule has 2 aliphatic heterocycles. The highest BCUT2D eigenvalue weighted by molar-refractivity contribution is 6.21. The SMILES string of the molecule is CCCCOC(=O)[C@]1(C(=O)OC(C)(C)C)C(=O)[N+]2=CC(C(=O)O)CC[C@H]21. The Kier molecular flexibility index (Phi) is 5.53. The lowest BCUT2D eigenvalue weighted by atomic mass is 9.67. The minimum absolute atomic E-state index is 0.112. The van der Waals surface area contributed by atoms with Crippen molar-refractivity contribution >= 4 is 30.0 Å². The molecule has 0 spiro atoms. The summed E-state index contributed by atoms with van der Waals surface area (Å²) in [5.41, 5.74) is -2.92. The quantitative estimate of drug-likeness (QED) is 0.246. The molecular formula is C18H26NO7+. The van der Waals surface area contributed by atoms with E-state index in [1.54, 1.807) is 20.8 Å². The van der Waals surface area contributed by atoms with Gasteiger partial charge in [0.15, 0.2) is 6.21 Å². The Morgan fingerprint density at radius 2 is 1.92 bits per heavy atom. The Morgan fingerprint density at radius 1 is 1.27 bits per heavy atom. The monoisotopic (exact) mass is 368 g/mol. The standard InChI is InChI=1S/C18H25NO7/c1-5-6-9-25-15(23)18(16(24)26-17(2,3)4)12-8-7-11(13(20)21)10-19(12)14(18)22/h10-12H,5-9H2,1-4H3/p+1/t11?,12-,18+/m0/s1. The number of carbonyl (C=O) groups excluding carboxylic acids is 3. The van der Waals surface area contributed by atoms with Crippen LogP contribution in [0.4, 0.5) is 0 Å². The zero-order chi connectivity index (χ0) is 19.7. The third-order valence-electron chi connectivity index (χ3n) is 4.59. The molecule has 1 unspecified atom stereocenters. The number of hydrogen-bond donors (Lipinski definition) is 1. The molecule has 0 bridgehead atoms. The van der Waals surface area contributed by atoms with Crippen LogP contribution in [-0.2, 0) is 28.7 Å². The summed E-state index contributed by atoms with van der Waals surface area (Å²) in [6.07, 6.45) is 3.13. The lowest BCUT2D eigenvalue weighted by molar-refractivity contribution is -0.559. The topological polar surface area (TPSA) is 110 Å². The molecule has 1 N–H and O–H groups in total. The smallest absolute Gasteiger partial charge is 0.423 e. The van der Waals surface area contributed by atoms with E-state index in [0.717, 1.165) is 6.42 Å². The first-order valence-electron chi connectivity index (χ1n) is 8.87. The van der Waals surface area contributed by atoms with Gasteiger partial charge in [0.1, 0.15) is 11.5 Å². The number of carboxylic acid groups (broad SMARTS) is 1. The zero-order valence-electron chi connectivity index (χ0n) is 15.6. The molecule has 0 radical (unpaired) electrons. The Morgan fingerprint density at radius 3 is 2.46 bits per heavy atom. The first-order valence-corrected chi connectivity index (χ1v) is 8.87. The Balaban J connectivity index is 2.36. The number of amides is 1. The molecule has 26 heavy (non-hydrogen) atoms. The predicted octanol–water partition coefficient (Wildman–Crippen LogP) is 1.14. The summed E-state index contributed by atoms with van der Waals surface area (Å²) in [6.45, 7) is 6.98. The number of unbranched alkanes of at least 4 members (excludes halogenated alkanes) is 1. The number of aliphatic carboxylic acids is 1. The molecule has 2 heterocycles. The van der Waals surface area contributed by atoms with Crippen LogP contribution in [0.1, 0.15) is 53.4 Å². The van der Waals surface area contributed by atoms with E-state index >= 15 is 0 Å². The van der Waals surface area contributed by atoms with Gasteiger partial charge in [0.25, 0.3) is 0 Å². The summed E-state index contributed by atoms with van der Waals surface area (Å²) in [4.78, 5) is 49.5. The molecular weight excluding hydrogens is 342 g/mol. The van der Waals surface area contributed by atoms with Crippen LogP contribution in [0.15, 0.2) is 0 Å². The zero-order valence-corrected chi connectivity index (χ0v) is 15.6. The first-order chi connectivity index (χ1) is 12.1. The first kappa shape index (κ1) is 20.1. The van der Waals surface area contributed by atoms with Crippen LogP contribution in [0.5, 0.6) is 0 Å². The van der Waals surface area contributed by atoms with Crippen molar-refractivity contribution in [2.24, 2.45) is 11.3 Å². The largest absolute Gasteiger partial charge is 0.481 e. The number of β-lactam (4-membered cyclic amide) rings is 1. The van der Waals surface area contributed by atoms with E-state index in [1.807, 2.05) is 6.92 Å². The van der Waals surface area contributed by atoms with Crippen molar-refractivity contribution in [1.82, 2.24) is 0 Å². The molecule has 144 valence electrons. The predicted molar refractivity (Wildman–Crippen MR) is 89.6 cm³/mol. The van der Waals surface area contributed by atoms with E-state index in [2.05, 4.69) is 0 Å². The van der Waals surface area contributed by atoms with Crippen LogP contribution in [0, 0.1) is 11.3 Å². The fraction of sp³-hybridized carbons (Fsp3) is 0.722. The number of carboxylic acids is 1. The number of ether oxygens (including phenoxy) is 2. The molecule has 0 aliphatic carbocycles. The summed E-state index contributed by atoms with van der Waals surface area (Å²) in [6, 6.07) is -0.769. The molecule has 0 aromatic carbocycles. The van der Waals surface area contributed by atoms with E-state index in [9.17, 15) is 19.2 Å². The van der Waals surface area contributed by atoms with Gasteiger partial charge in [-0.05, 0) is 33.6 Å². The number of carbonyl (C=O) groups is 4. The highest BCUT2D eigenvalue weighted by Gasteiger charge is 2.80. The second-order valence-corrected chi connectivity index (χ2v) is 7.70. The minimum Gasteiger partial charge on any atom is -0.481 e. The average molecular weight is 368 g/mol.